The number of benzene rings is 7. The van der Waals surface area contributed by atoms with Crippen LogP contribution in [0, 0.1) is 0 Å². The molecule has 0 aliphatic rings. The molecule has 48 heavy (non-hydrogen) atoms. The van der Waals surface area contributed by atoms with Gasteiger partial charge in [-0.25, -0.2) is 9.97 Å². The Kier molecular flexibility index (Phi) is 5.84. The minimum Gasteiger partial charge on any atom is -0.438 e. The zero-order chi connectivity index (χ0) is 31.6. The Labute approximate surface area is 276 Å². The molecule has 4 nitrogen and oxygen atoms in total. The number of aromatic nitrogens is 3. The fourth-order valence-electron chi connectivity index (χ4n) is 7.02. The van der Waals surface area contributed by atoms with Crippen molar-refractivity contribution in [2.75, 3.05) is 0 Å². The summed E-state index contributed by atoms with van der Waals surface area (Å²) in [5, 5.41) is 5.91. The van der Waals surface area contributed by atoms with Crippen molar-refractivity contribution in [3.8, 4) is 45.0 Å². The summed E-state index contributed by atoms with van der Waals surface area (Å²) in [4.78, 5) is 10.3. The molecule has 10 rings (SSSR count). The Hall–Kier alpha value is -6.52. The highest BCUT2D eigenvalue weighted by atomic mass is 16.3. The highest BCUT2D eigenvalue weighted by Gasteiger charge is 2.20. The normalized spacial score (nSPS) is 11.8. The van der Waals surface area contributed by atoms with Crippen molar-refractivity contribution < 1.29 is 4.42 Å². The van der Waals surface area contributed by atoms with Crippen LogP contribution >= 0.6 is 0 Å². The molecule has 10 aromatic rings. The van der Waals surface area contributed by atoms with Crippen molar-refractivity contribution in [2.24, 2.45) is 0 Å². The number of hydrogen-bond acceptors (Lipinski definition) is 3. The Morgan fingerprint density at radius 3 is 1.71 bits per heavy atom. The van der Waals surface area contributed by atoms with E-state index in [1.54, 1.807) is 0 Å². The van der Waals surface area contributed by atoms with Gasteiger partial charge in [0.25, 0.3) is 0 Å². The average molecular weight is 614 g/mol. The molecule has 224 valence electrons. The summed E-state index contributed by atoms with van der Waals surface area (Å²) in [6, 6.07) is 57.3. The van der Waals surface area contributed by atoms with Crippen LogP contribution in [-0.2, 0) is 0 Å². The molecular weight excluding hydrogens is 587 g/mol. The minimum absolute atomic E-state index is 0.702. The molecule has 0 spiro atoms. The molecule has 0 aliphatic heterocycles. The second-order valence-electron chi connectivity index (χ2n) is 12.3. The standard InChI is InChI=1S/C44H27N3O/c1-3-11-32-25-34(23-17-28(32)9-1)38-27-37(45-43(46-38)35-24-18-29-10-2-4-12-33(29)26-35)30-19-21-31(22-20-30)42-36-13-5-6-14-39(36)47-40-15-7-8-16-41(40)48-44(42)47/h1-27H. The predicted molar refractivity (Wildman–Crippen MR) is 197 cm³/mol. The van der Waals surface area contributed by atoms with Crippen molar-refractivity contribution in [3.05, 3.63) is 164 Å². The molecule has 4 heteroatoms. The number of nitrogens with zero attached hydrogens (tertiary/aromatic N) is 3. The first-order valence-corrected chi connectivity index (χ1v) is 16.2. The SMILES string of the molecule is c1ccc2cc(-c3cc(-c4ccc(-c5c6ccccc6n6c5oc5ccccc56)cc4)nc(-c4ccc5ccccc5c4)n3)ccc2c1. The summed E-state index contributed by atoms with van der Waals surface area (Å²) in [6.45, 7) is 0. The fraction of sp³-hybridized carbons (Fsp3) is 0. The van der Waals surface area contributed by atoms with Crippen LogP contribution in [0.25, 0.3) is 94.3 Å². The summed E-state index contributed by atoms with van der Waals surface area (Å²) < 4.78 is 8.70. The summed E-state index contributed by atoms with van der Waals surface area (Å²) in [7, 11) is 0. The smallest absolute Gasteiger partial charge is 0.213 e. The number of rotatable bonds is 4. The van der Waals surface area contributed by atoms with Crippen molar-refractivity contribution >= 4 is 49.3 Å². The minimum atomic E-state index is 0.702. The van der Waals surface area contributed by atoms with Gasteiger partial charge in [0.05, 0.1) is 28.0 Å². The topological polar surface area (TPSA) is 43.3 Å². The second kappa shape index (κ2) is 10.5. The monoisotopic (exact) mass is 613 g/mol. The highest BCUT2D eigenvalue weighted by Crippen LogP contribution is 2.40. The van der Waals surface area contributed by atoms with Gasteiger partial charge in [0, 0.05) is 22.1 Å². The van der Waals surface area contributed by atoms with Crippen LogP contribution in [0.2, 0.25) is 0 Å². The Balaban J connectivity index is 1.13. The van der Waals surface area contributed by atoms with Gasteiger partial charge in [-0.15, -0.1) is 0 Å². The van der Waals surface area contributed by atoms with Gasteiger partial charge in [-0.1, -0.05) is 127 Å². The largest absolute Gasteiger partial charge is 0.438 e. The van der Waals surface area contributed by atoms with Gasteiger partial charge in [-0.3, -0.25) is 4.40 Å². The first-order valence-electron chi connectivity index (χ1n) is 16.2. The first-order chi connectivity index (χ1) is 23.8. The Morgan fingerprint density at radius 1 is 0.417 bits per heavy atom. The Morgan fingerprint density at radius 2 is 0.958 bits per heavy atom. The first kappa shape index (κ1) is 26.7. The van der Waals surface area contributed by atoms with Gasteiger partial charge in [0.2, 0.25) is 5.71 Å². The van der Waals surface area contributed by atoms with E-state index in [4.69, 9.17) is 14.4 Å². The third-order valence-corrected chi connectivity index (χ3v) is 9.39. The molecule has 7 aromatic carbocycles. The van der Waals surface area contributed by atoms with Gasteiger partial charge in [0.1, 0.15) is 0 Å². The molecule has 0 saturated heterocycles. The van der Waals surface area contributed by atoms with Crippen LogP contribution in [0.3, 0.4) is 0 Å². The second-order valence-corrected chi connectivity index (χ2v) is 12.3. The van der Waals surface area contributed by atoms with Crippen LogP contribution in [0.5, 0.6) is 0 Å². The van der Waals surface area contributed by atoms with Gasteiger partial charge in [0.15, 0.2) is 11.4 Å². The van der Waals surface area contributed by atoms with Gasteiger partial charge < -0.3 is 4.42 Å². The summed E-state index contributed by atoms with van der Waals surface area (Å²) in [6.07, 6.45) is 0. The molecule has 3 aromatic heterocycles. The van der Waals surface area contributed by atoms with Crippen LogP contribution in [0.1, 0.15) is 0 Å². The lowest BCUT2D eigenvalue weighted by atomic mass is 10.00. The summed E-state index contributed by atoms with van der Waals surface area (Å²) in [5.41, 5.74) is 10.9. The van der Waals surface area contributed by atoms with E-state index in [2.05, 4.69) is 156 Å². The van der Waals surface area contributed by atoms with E-state index >= 15 is 0 Å². The lowest BCUT2D eigenvalue weighted by molar-refractivity contribution is 0.658. The van der Waals surface area contributed by atoms with E-state index in [0.29, 0.717) is 5.82 Å². The molecular formula is C44H27N3O. The molecule has 0 radical (unpaired) electrons. The maximum Gasteiger partial charge on any atom is 0.213 e. The average Bonchev–Trinajstić information content (AvgIpc) is 3.69. The van der Waals surface area contributed by atoms with Crippen LogP contribution < -0.4 is 0 Å². The van der Waals surface area contributed by atoms with Crippen LogP contribution in [0.15, 0.2) is 168 Å². The van der Waals surface area contributed by atoms with Gasteiger partial charge >= 0.3 is 0 Å². The highest BCUT2D eigenvalue weighted by molar-refractivity contribution is 6.07. The van der Waals surface area contributed by atoms with E-state index in [-0.39, 0.29) is 0 Å². The molecule has 0 unspecified atom stereocenters. The van der Waals surface area contributed by atoms with Crippen molar-refractivity contribution in [3.63, 3.8) is 0 Å². The Bertz CT molecular complexity index is 2740. The molecule has 0 aliphatic carbocycles. The van der Waals surface area contributed by atoms with Crippen molar-refractivity contribution in [1.82, 2.24) is 14.4 Å². The lowest BCUT2D eigenvalue weighted by Crippen LogP contribution is -1.96. The van der Waals surface area contributed by atoms with E-state index < -0.39 is 0 Å². The fourth-order valence-corrected chi connectivity index (χ4v) is 7.02. The lowest BCUT2D eigenvalue weighted by Gasteiger charge is -2.11. The van der Waals surface area contributed by atoms with E-state index in [0.717, 1.165) is 72.3 Å². The van der Waals surface area contributed by atoms with Crippen LogP contribution in [-0.4, -0.2) is 14.4 Å². The van der Waals surface area contributed by atoms with E-state index in [1.165, 1.54) is 16.2 Å². The molecule has 0 atom stereocenters. The summed E-state index contributed by atoms with van der Waals surface area (Å²) in [5.74, 6) is 0.702. The number of para-hydroxylation sites is 3. The maximum absolute atomic E-state index is 6.47. The predicted octanol–water partition coefficient (Wildman–Crippen LogP) is 11.6. The maximum atomic E-state index is 6.47. The molecule has 0 fully saturated rings. The zero-order valence-corrected chi connectivity index (χ0v) is 25.8. The number of hydrogen-bond donors (Lipinski definition) is 0. The zero-order valence-electron chi connectivity index (χ0n) is 25.8. The number of fused-ring (bicyclic) bond motifs is 7. The number of oxazole rings is 1. The molecule has 0 bridgehead atoms. The molecule has 3 heterocycles. The van der Waals surface area contributed by atoms with E-state index in [9.17, 15) is 0 Å². The molecule has 0 amide bonds. The quantitative estimate of drug-likeness (QED) is 0.198. The van der Waals surface area contributed by atoms with Crippen LogP contribution in [0.4, 0.5) is 0 Å². The van der Waals surface area contributed by atoms with Gasteiger partial charge in [-0.05, 0) is 63.5 Å². The molecule has 0 saturated carbocycles. The molecule has 0 N–H and O–H groups in total. The third kappa shape index (κ3) is 4.24. The van der Waals surface area contributed by atoms with Crippen molar-refractivity contribution in [2.45, 2.75) is 0 Å². The van der Waals surface area contributed by atoms with E-state index in [1.807, 2.05) is 12.1 Å². The van der Waals surface area contributed by atoms with Crippen molar-refractivity contribution in [1.29, 1.82) is 0 Å². The summed E-state index contributed by atoms with van der Waals surface area (Å²) >= 11 is 0. The third-order valence-electron chi connectivity index (χ3n) is 9.39. The van der Waals surface area contributed by atoms with Gasteiger partial charge in [-0.2, -0.15) is 0 Å².